The lowest BCUT2D eigenvalue weighted by atomic mass is 9.98. The van der Waals surface area contributed by atoms with Crippen LogP contribution in [0.3, 0.4) is 0 Å². The summed E-state index contributed by atoms with van der Waals surface area (Å²) < 4.78 is 0. The molecule has 0 saturated heterocycles. The molecule has 0 aliphatic carbocycles. The predicted octanol–water partition coefficient (Wildman–Crippen LogP) is -0.295. The van der Waals surface area contributed by atoms with E-state index in [0.717, 1.165) is 6.42 Å². The summed E-state index contributed by atoms with van der Waals surface area (Å²) >= 11 is 0. The van der Waals surface area contributed by atoms with Crippen LogP contribution >= 0.6 is 0 Å². The van der Waals surface area contributed by atoms with E-state index in [2.05, 4.69) is 16.0 Å². The highest BCUT2D eigenvalue weighted by molar-refractivity contribution is 5.92. The van der Waals surface area contributed by atoms with Gasteiger partial charge in [-0.25, -0.2) is 4.79 Å². The third-order valence-electron chi connectivity index (χ3n) is 5.36. The molecule has 174 valence electrons. The van der Waals surface area contributed by atoms with Gasteiger partial charge in [0.15, 0.2) is 0 Å². The van der Waals surface area contributed by atoms with Gasteiger partial charge in [-0.15, -0.1) is 0 Å². The molecule has 0 aliphatic rings. The Balaban J connectivity index is 4.98. The van der Waals surface area contributed by atoms with Crippen molar-refractivity contribution in [2.24, 2.45) is 23.3 Å². The maximum atomic E-state index is 12.7. The molecule has 8 N–H and O–H groups in total. The van der Waals surface area contributed by atoms with Crippen LogP contribution in [0.1, 0.15) is 59.8 Å². The van der Waals surface area contributed by atoms with Crippen molar-refractivity contribution in [3.05, 3.63) is 0 Å². The van der Waals surface area contributed by atoms with Crippen molar-refractivity contribution >= 4 is 23.7 Å². The number of carboxylic acid groups (broad SMARTS) is 1. The summed E-state index contributed by atoms with van der Waals surface area (Å²) in [6.45, 7) is 7.45. The van der Waals surface area contributed by atoms with Gasteiger partial charge in [-0.2, -0.15) is 0 Å². The second kappa shape index (κ2) is 14.7. The minimum absolute atomic E-state index is 0.0312. The number of rotatable bonds is 15. The normalized spacial score (nSPS) is 15.9. The summed E-state index contributed by atoms with van der Waals surface area (Å²) in [6, 6.07) is -2.70. The van der Waals surface area contributed by atoms with Gasteiger partial charge in [-0.3, -0.25) is 14.4 Å². The van der Waals surface area contributed by atoms with Crippen LogP contribution in [0.5, 0.6) is 0 Å². The van der Waals surface area contributed by atoms with Crippen LogP contribution in [0.25, 0.3) is 0 Å². The first kappa shape index (κ1) is 27.8. The maximum Gasteiger partial charge on any atom is 0.326 e. The molecule has 5 atom stereocenters. The van der Waals surface area contributed by atoms with E-state index in [-0.39, 0.29) is 18.4 Å². The predicted molar refractivity (Wildman–Crippen MR) is 114 cm³/mol. The van der Waals surface area contributed by atoms with Crippen LogP contribution in [0.2, 0.25) is 0 Å². The molecule has 5 unspecified atom stereocenters. The fourth-order valence-corrected chi connectivity index (χ4v) is 2.74. The number of aliphatic carboxylic acids is 1. The molecule has 0 bridgehead atoms. The quantitative estimate of drug-likeness (QED) is 0.194. The highest BCUT2D eigenvalue weighted by Crippen LogP contribution is 2.10. The van der Waals surface area contributed by atoms with Gasteiger partial charge in [0.1, 0.15) is 12.1 Å². The Morgan fingerprint density at radius 2 is 1.53 bits per heavy atom. The van der Waals surface area contributed by atoms with Gasteiger partial charge in [-0.05, 0) is 37.6 Å². The molecule has 30 heavy (non-hydrogen) atoms. The molecule has 0 spiro atoms. The van der Waals surface area contributed by atoms with Gasteiger partial charge in [0.2, 0.25) is 17.7 Å². The van der Waals surface area contributed by atoms with Gasteiger partial charge in [0.05, 0.1) is 12.6 Å². The fourth-order valence-electron chi connectivity index (χ4n) is 2.74. The average molecular weight is 430 g/mol. The second-order valence-electron chi connectivity index (χ2n) is 7.74. The third-order valence-corrected chi connectivity index (χ3v) is 5.36. The summed E-state index contributed by atoms with van der Waals surface area (Å²) in [5.74, 6) is -2.99. The standard InChI is InChI=1S/C20H39N5O5/c1-5-12(3)16(22)19(28)23-11-15(26)24-14(9-7-8-10-21)18(27)25-17(20(29)30)13(4)6-2/h12-14,16-17H,5-11,21-22H2,1-4H3,(H,23,28)(H,24,26)(H,25,27)(H,29,30). The van der Waals surface area contributed by atoms with Gasteiger partial charge in [0, 0.05) is 0 Å². The zero-order valence-corrected chi connectivity index (χ0v) is 18.6. The molecule has 0 radical (unpaired) electrons. The molecule has 10 heteroatoms. The first-order valence-corrected chi connectivity index (χ1v) is 10.6. The van der Waals surface area contributed by atoms with E-state index >= 15 is 0 Å². The number of carbonyl (C=O) groups is 4. The number of carboxylic acids is 1. The number of unbranched alkanes of at least 4 members (excludes halogenated alkanes) is 1. The SMILES string of the molecule is CCC(C)C(N)C(=O)NCC(=O)NC(CCCCN)C(=O)NC(C(=O)O)C(C)CC. The maximum absolute atomic E-state index is 12.7. The van der Waals surface area contributed by atoms with Crippen molar-refractivity contribution < 1.29 is 24.3 Å². The summed E-state index contributed by atoms with van der Waals surface area (Å²) in [5, 5.41) is 16.9. The van der Waals surface area contributed by atoms with Crippen molar-refractivity contribution in [1.82, 2.24) is 16.0 Å². The van der Waals surface area contributed by atoms with E-state index in [0.29, 0.717) is 32.2 Å². The van der Waals surface area contributed by atoms with Crippen molar-refractivity contribution in [3.8, 4) is 0 Å². The fraction of sp³-hybridized carbons (Fsp3) is 0.800. The Kier molecular flexibility index (Phi) is 13.7. The highest BCUT2D eigenvalue weighted by Gasteiger charge is 2.29. The van der Waals surface area contributed by atoms with E-state index in [9.17, 15) is 24.3 Å². The van der Waals surface area contributed by atoms with Gasteiger partial charge < -0.3 is 32.5 Å². The minimum atomic E-state index is -1.13. The molecular formula is C20H39N5O5. The zero-order valence-electron chi connectivity index (χ0n) is 18.6. The van der Waals surface area contributed by atoms with Crippen LogP contribution in [-0.4, -0.2) is 60.0 Å². The average Bonchev–Trinajstić information content (AvgIpc) is 2.72. The largest absolute Gasteiger partial charge is 0.480 e. The topological polar surface area (TPSA) is 177 Å². The first-order chi connectivity index (χ1) is 14.1. The van der Waals surface area contributed by atoms with E-state index < -0.39 is 41.8 Å². The Morgan fingerprint density at radius 3 is 2.03 bits per heavy atom. The van der Waals surface area contributed by atoms with Gasteiger partial charge in [-0.1, -0.05) is 40.5 Å². The smallest absolute Gasteiger partial charge is 0.326 e. The highest BCUT2D eigenvalue weighted by atomic mass is 16.4. The number of nitrogens with two attached hydrogens (primary N) is 2. The van der Waals surface area contributed by atoms with Crippen molar-refractivity contribution in [2.45, 2.75) is 77.9 Å². The Bertz CT molecular complexity index is 572. The van der Waals surface area contributed by atoms with Crippen molar-refractivity contribution in [2.75, 3.05) is 13.1 Å². The number of hydrogen-bond acceptors (Lipinski definition) is 6. The van der Waals surface area contributed by atoms with Crippen molar-refractivity contribution in [3.63, 3.8) is 0 Å². The van der Waals surface area contributed by atoms with E-state index in [1.165, 1.54) is 0 Å². The molecule has 0 aromatic heterocycles. The number of amides is 3. The lowest BCUT2D eigenvalue weighted by Gasteiger charge is -2.24. The number of carbonyl (C=O) groups excluding carboxylic acids is 3. The monoisotopic (exact) mass is 429 g/mol. The van der Waals surface area contributed by atoms with Crippen LogP contribution in [0.15, 0.2) is 0 Å². The second-order valence-corrected chi connectivity index (χ2v) is 7.74. The lowest BCUT2D eigenvalue weighted by molar-refractivity contribution is -0.143. The summed E-state index contributed by atoms with van der Waals surface area (Å²) in [6.07, 6.45) is 2.85. The number of hydrogen-bond donors (Lipinski definition) is 6. The molecular weight excluding hydrogens is 390 g/mol. The zero-order chi connectivity index (χ0) is 23.3. The van der Waals surface area contributed by atoms with Crippen molar-refractivity contribution in [1.29, 1.82) is 0 Å². The molecule has 0 fully saturated rings. The summed E-state index contributed by atoms with van der Waals surface area (Å²) in [5.41, 5.74) is 11.3. The molecule has 3 amide bonds. The molecule has 0 saturated carbocycles. The Labute approximate surface area is 178 Å². The molecule has 0 rings (SSSR count). The third kappa shape index (κ3) is 10.0. The van der Waals surface area contributed by atoms with Gasteiger partial charge in [0.25, 0.3) is 0 Å². The minimum Gasteiger partial charge on any atom is -0.480 e. The van der Waals surface area contributed by atoms with Crippen LogP contribution in [0, 0.1) is 11.8 Å². The lowest BCUT2D eigenvalue weighted by Crippen LogP contribution is -2.55. The van der Waals surface area contributed by atoms with Crippen LogP contribution < -0.4 is 27.4 Å². The van der Waals surface area contributed by atoms with Crippen LogP contribution in [-0.2, 0) is 19.2 Å². The van der Waals surface area contributed by atoms with Crippen LogP contribution in [0.4, 0.5) is 0 Å². The molecule has 0 aliphatic heterocycles. The molecule has 0 aromatic rings. The number of nitrogens with one attached hydrogen (secondary N) is 3. The van der Waals surface area contributed by atoms with E-state index in [1.807, 2.05) is 20.8 Å². The van der Waals surface area contributed by atoms with E-state index in [4.69, 9.17) is 11.5 Å². The Hall–Kier alpha value is -2.20. The van der Waals surface area contributed by atoms with Gasteiger partial charge >= 0.3 is 5.97 Å². The van der Waals surface area contributed by atoms with E-state index in [1.54, 1.807) is 6.92 Å². The Morgan fingerprint density at radius 1 is 0.933 bits per heavy atom. The molecule has 0 heterocycles. The molecule has 10 nitrogen and oxygen atoms in total. The summed E-state index contributed by atoms with van der Waals surface area (Å²) in [7, 11) is 0. The molecule has 0 aromatic carbocycles. The first-order valence-electron chi connectivity index (χ1n) is 10.6. The summed E-state index contributed by atoms with van der Waals surface area (Å²) in [4.78, 5) is 48.4.